The molecular weight excluding hydrogens is 372 g/mol. The molecule has 3 rings (SSSR count). The third-order valence-electron chi connectivity index (χ3n) is 4.09. The summed E-state index contributed by atoms with van der Waals surface area (Å²) in [5.74, 6) is 0.111. The standard InChI is InChI=1S/C20H20N6O3/c1-3-25(17-7-5-4-6-8-17)20-18(26(28)29)19(21-13-22-20)24-16-11-9-15(10-12-16)23-14(2)27/h4-13H,3H2,1-2H3,(H,23,27)(H,21,22,24). The first-order valence-corrected chi connectivity index (χ1v) is 8.96. The minimum absolute atomic E-state index is 0.0849. The lowest BCUT2D eigenvalue weighted by Crippen LogP contribution is -2.19. The first-order chi connectivity index (χ1) is 14.0. The van der Waals surface area contributed by atoms with Gasteiger partial charge in [0.1, 0.15) is 6.33 Å². The number of anilines is 5. The van der Waals surface area contributed by atoms with Crippen LogP contribution >= 0.6 is 0 Å². The summed E-state index contributed by atoms with van der Waals surface area (Å²) >= 11 is 0. The summed E-state index contributed by atoms with van der Waals surface area (Å²) < 4.78 is 0. The summed E-state index contributed by atoms with van der Waals surface area (Å²) in [6, 6.07) is 16.1. The maximum atomic E-state index is 11.9. The Morgan fingerprint density at radius 3 is 2.31 bits per heavy atom. The molecule has 0 radical (unpaired) electrons. The van der Waals surface area contributed by atoms with E-state index in [0.29, 0.717) is 17.9 Å². The number of hydrogen-bond acceptors (Lipinski definition) is 7. The van der Waals surface area contributed by atoms with Crippen LogP contribution in [0.2, 0.25) is 0 Å². The van der Waals surface area contributed by atoms with Crippen molar-refractivity contribution in [2.24, 2.45) is 0 Å². The lowest BCUT2D eigenvalue weighted by atomic mass is 10.2. The molecule has 9 nitrogen and oxygen atoms in total. The predicted molar refractivity (Wildman–Crippen MR) is 112 cm³/mol. The van der Waals surface area contributed by atoms with Gasteiger partial charge in [0.25, 0.3) is 0 Å². The van der Waals surface area contributed by atoms with E-state index in [1.54, 1.807) is 29.2 Å². The maximum absolute atomic E-state index is 11.9. The van der Waals surface area contributed by atoms with Crippen LogP contribution < -0.4 is 15.5 Å². The molecule has 1 amide bonds. The smallest absolute Gasteiger partial charge is 0.334 e. The molecule has 1 heterocycles. The van der Waals surface area contributed by atoms with Crippen molar-refractivity contribution in [2.45, 2.75) is 13.8 Å². The number of carbonyl (C=O) groups is 1. The minimum atomic E-state index is -0.491. The number of nitro groups is 1. The van der Waals surface area contributed by atoms with Crippen LogP contribution in [0.15, 0.2) is 60.9 Å². The average Bonchev–Trinajstić information content (AvgIpc) is 2.70. The second kappa shape index (κ2) is 8.79. The Hall–Kier alpha value is -4.01. The second-order valence-corrected chi connectivity index (χ2v) is 6.11. The number of para-hydroxylation sites is 1. The fraction of sp³-hybridized carbons (Fsp3) is 0.150. The van der Waals surface area contributed by atoms with Gasteiger partial charge in [-0.1, -0.05) is 18.2 Å². The number of benzene rings is 2. The topological polar surface area (TPSA) is 113 Å². The van der Waals surface area contributed by atoms with E-state index in [1.807, 2.05) is 37.3 Å². The lowest BCUT2D eigenvalue weighted by Gasteiger charge is -2.22. The average molecular weight is 392 g/mol. The van der Waals surface area contributed by atoms with Gasteiger partial charge in [0.05, 0.1) is 4.92 Å². The first kappa shape index (κ1) is 19.7. The van der Waals surface area contributed by atoms with Crippen LogP contribution in [0.3, 0.4) is 0 Å². The summed E-state index contributed by atoms with van der Waals surface area (Å²) in [5, 5.41) is 17.5. The van der Waals surface area contributed by atoms with Gasteiger partial charge in [-0.05, 0) is 43.3 Å². The van der Waals surface area contributed by atoms with Gasteiger partial charge >= 0.3 is 5.69 Å². The predicted octanol–water partition coefficient (Wildman–Crippen LogP) is 4.24. The second-order valence-electron chi connectivity index (χ2n) is 6.11. The highest BCUT2D eigenvalue weighted by molar-refractivity contribution is 5.89. The molecule has 2 N–H and O–H groups in total. The Morgan fingerprint density at radius 2 is 1.72 bits per heavy atom. The first-order valence-electron chi connectivity index (χ1n) is 8.96. The maximum Gasteiger partial charge on any atom is 0.354 e. The van der Waals surface area contributed by atoms with Crippen LogP contribution in [0.1, 0.15) is 13.8 Å². The zero-order valence-electron chi connectivity index (χ0n) is 16.0. The van der Waals surface area contributed by atoms with Crippen molar-refractivity contribution in [1.29, 1.82) is 0 Å². The zero-order chi connectivity index (χ0) is 20.8. The summed E-state index contributed by atoms with van der Waals surface area (Å²) in [6.45, 7) is 3.81. The highest BCUT2D eigenvalue weighted by Crippen LogP contribution is 2.36. The van der Waals surface area contributed by atoms with Crippen molar-refractivity contribution in [3.05, 3.63) is 71.0 Å². The van der Waals surface area contributed by atoms with E-state index in [1.165, 1.54) is 13.3 Å². The number of hydrogen-bond donors (Lipinski definition) is 2. The van der Waals surface area contributed by atoms with Crippen LogP contribution in [0, 0.1) is 10.1 Å². The molecule has 0 saturated heterocycles. The van der Waals surface area contributed by atoms with E-state index in [0.717, 1.165) is 5.69 Å². The molecule has 29 heavy (non-hydrogen) atoms. The fourth-order valence-corrected chi connectivity index (χ4v) is 2.87. The Bertz CT molecular complexity index is 1010. The Balaban J connectivity index is 1.97. The van der Waals surface area contributed by atoms with E-state index in [-0.39, 0.29) is 23.2 Å². The number of aromatic nitrogens is 2. The van der Waals surface area contributed by atoms with E-state index in [2.05, 4.69) is 20.6 Å². The molecule has 0 bridgehead atoms. The van der Waals surface area contributed by atoms with Crippen molar-refractivity contribution >= 4 is 40.3 Å². The van der Waals surface area contributed by atoms with Crippen molar-refractivity contribution in [1.82, 2.24) is 9.97 Å². The number of nitrogens with one attached hydrogen (secondary N) is 2. The Labute approximate surface area is 167 Å². The molecule has 9 heteroatoms. The molecule has 0 unspecified atom stereocenters. The summed E-state index contributed by atoms with van der Waals surface area (Å²) in [7, 11) is 0. The van der Waals surface area contributed by atoms with Gasteiger partial charge in [-0.25, -0.2) is 9.97 Å². The van der Waals surface area contributed by atoms with Crippen molar-refractivity contribution in [2.75, 3.05) is 22.1 Å². The number of carbonyl (C=O) groups excluding carboxylic acids is 1. The highest BCUT2D eigenvalue weighted by atomic mass is 16.6. The molecule has 0 saturated carbocycles. The van der Waals surface area contributed by atoms with Gasteiger partial charge in [-0.2, -0.15) is 0 Å². The van der Waals surface area contributed by atoms with Gasteiger partial charge in [-0.3, -0.25) is 14.9 Å². The molecule has 0 aliphatic rings. The van der Waals surface area contributed by atoms with Crippen molar-refractivity contribution in [3.8, 4) is 0 Å². The van der Waals surface area contributed by atoms with E-state index in [9.17, 15) is 14.9 Å². The Morgan fingerprint density at radius 1 is 1.07 bits per heavy atom. The normalized spacial score (nSPS) is 10.3. The SMILES string of the molecule is CCN(c1ccccc1)c1ncnc(Nc2ccc(NC(C)=O)cc2)c1[N+](=O)[O-]. The zero-order valence-corrected chi connectivity index (χ0v) is 16.0. The lowest BCUT2D eigenvalue weighted by molar-refractivity contribution is -0.383. The summed E-state index contributed by atoms with van der Waals surface area (Å²) in [5.41, 5.74) is 1.79. The van der Waals surface area contributed by atoms with Crippen LogP contribution in [-0.2, 0) is 4.79 Å². The molecule has 0 spiro atoms. The number of nitrogens with zero attached hydrogens (tertiary/aromatic N) is 4. The van der Waals surface area contributed by atoms with Crippen molar-refractivity contribution in [3.63, 3.8) is 0 Å². The summed E-state index contributed by atoms with van der Waals surface area (Å²) in [4.78, 5) is 32.5. The molecule has 3 aromatic rings. The van der Waals surface area contributed by atoms with Crippen LogP contribution in [-0.4, -0.2) is 27.3 Å². The van der Waals surface area contributed by atoms with Gasteiger partial charge < -0.3 is 15.5 Å². The van der Waals surface area contributed by atoms with Gasteiger partial charge in [-0.15, -0.1) is 0 Å². The summed E-state index contributed by atoms with van der Waals surface area (Å²) in [6.07, 6.45) is 1.29. The monoisotopic (exact) mass is 392 g/mol. The van der Waals surface area contributed by atoms with E-state index in [4.69, 9.17) is 0 Å². The van der Waals surface area contributed by atoms with Crippen LogP contribution in [0.25, 0.3) is 0 Å². The van der Waals surface area contributed by atoms with E-state index >= 15 is 0 Å². The molecule has 148 valence electrons. The molecule has 0 aliphatic carbocycles. The van der Waals surface area contributed by atoms with Crippen LogP contribution in [0.4, 0.5) is 34.4 Å². The molecule has 0 atom stereocenters. The van der Waals surface area contributed by atoms with Crippen LogP contribution in [0.5, 0.6) is 0 Å². The quantitative estimate of drug-likeness (QED) is 0.456. The van der Waals surface area contributed by atoms with E-state index < -0.39 is 4.92 Å². The largest absolute Gasteiger partial charge is 0.354 e. The number of amides is 1. The molecule has 1 aromatic heterocycles. The molecular formula is C20H20N6O3. The molecule has 0 aliphatic heterocycles. The van der Waals surface area contributed by atoms with Crippen molar-refractivity contribution < 1.29 is 9.72 Å². The number of rotatable bonds is 7. The Kier molecular flexibility index (Phi) is 5.98. The fourth-order valence-electron chi connectivity index (χ4n) is 2.87. The third kappa shape index (κ3) is 4.64. The highest BCUT2D eigenvalue weighted by Gasteiger charge is 2.27. The molecule has 0 fully saturated rings. The van der Waals surface area contributed by atoms with Gasteiger partial charge in [0.15, 0.2) is 0 Å². The van der Waals surface area contributed by atoms with Gasteiger partial charge in [0.2, 0.25) is 17.5 Å². The minimum Gasteiger partial charge on any atom is -0.334 e. The molecule has 2 aromatic carbocycles. The third-order valence-corrected chi connectivity index (χ3v) is 4.09. The van der Waals surface area contributed by atoms with Gasteiger partial charge in [0, 0.05) is 30.5 Å².